The molecule has 1 aliphatic heterocycles. The van der Waals surface area contributed by atoms with Crippen molar-refractivity contribution in [2.75, 3.05) is 0 Å². The van der Waals surface area contributed by atoms with Crippen molar-refractivity contribution in [2.24, 2.45) is 15.9 Å². The Bertz CT molecular complexity index is 522. The van der Waals surface area contributed by atoms with Gasteiger partial charge in [-0.05, 0) is 75.7 Å². The van der Waals surface area contributed by atoms with Crippen molar-refractivity contribution in [1.29, 1.82) is 0 Å². The number of hydrogen-bond donors (Lipinski definition) is 0. The topological polar surface area (TPSA) is 24.7 Å². The van der Waals surface area contributed by atoms with Crippen LogP contribution in [0.2, 0.25) is 0 Å². The predicted molar refractivity (Wildman–Crippen MR) is 93.6 cm³/mol. The molecule has 2 nitrogen and oxygen atoms in total. The van der Waals surface area contributed by atoms with E-state index >= 15 is 0 Å². The van der Waals surface area contributed by atoms with Gasteiger partial charge in [-0.2, -0.15) is 0 Å². The second-order valence-corrected chi connectivity index (χ2v) is 6.86. The van der Waals surface area contributed by atoms with Gasteiger partial charge in [0.1, 0.15) is 0 Å². The second kappa shape index (κ2) is 6.29. The van der Waals surface area contributed by atoms with Gasteiger partial charge in [-0.1, -0.05) is 20.8 Å². The first kappa shape index (κ1) is 16.2. The number of hydrogen-bond acceptors (Lipinski definition) is 2. The first-order valence-electron chi connectivity index (χ1n) is 8.50. The highest BCUT2D eigenvalue weighted by molar-refractivity contribution is 6.24. The Morgan fingerprint density at radius 2 is 2.05 bits per heavy atom. The van der Waals surface area contributed by atoms with Crippen LogP contribution in [0.3, 0.4) is 0 Å². The third-order valence-corrected chi connectivity index (χ3v) is 5.04. The zero-order valence-corrected chi connectivity index (χ0v) is 14.5. The molecule has 116 valence electrons. The average molecular weight is 286 g/mol. The van der Waals surface area contributed by atoms with Crippen LogP contribution in [0, 0.1) is 5.92 Å². The molecule has 3 atom stereocenters. The fraction of sp³-hybridized carbons (Fsp3) is 0.684. The second-order valence-electron chi connectivity index (χ2n) is 6.86. The molecule has 2 unspecified atom stereocenters. The molecule has 0 aromatic heterocycles. The van der Waals surface area contributed by atoms with Crippen molar-refractivity contribution < 1.29 is 0 Å². The van der Waals surface area contributed by atoms with Gasteiger partial charge in [0.05, 0.1) is 17.0 Å². The Labute approximate surface area is 130 Å². The van der Waals surface area contributed by atoms with Crippen LogP contribution in [0.15, 0.2) is 33.3 Å². The lowest BCUT2D eigenvalue weighted by Gasteiger charge is -2.38. The normalized spacial score (nSPS) is 32.2. The summed E-state index contributed by atoms with van der Waals surface area (Å²) in [4.78, 5) is 9.92. The largest absolute Gasteiger partial charge is 0.282 e. The van der Waals surface area contributed by atoms with E-state index in [0.29, 0.717) is 12.0 Å². The third kappa shape index (κ3) is 3.36. The molecule has 0 aromatic rings. The fourth-order valence-corrected chi connectivity index (χ4v) is 3.22. The molecule has 0 fully saturated rings. The van der Waals surface area contributed by atoms with Crippen molar-refractivity contribution in [2.45, 2.75) is 78.8 Å². The lowest BCUT2D eigenvalue weighted by atomic mass is 9.74. The first-order valence-corrected chi connectivity index (χ1v) is 8.50. The Morgan fingerprint density at radius 3 is 2.62 bits per heavy atom. The molecule has 0 aromatic carbocycles. The monoisotopic (exact) mass is 286 g/mol. The summed E-state index contributed by atoms with van der Waals surface area (Å²) < 4.78 is 0. The van der Waals surface area contributed by atoms with E-state index in [4.69, 9.17) is 9.98 Å². The van der Waals surface area contributed by atoms with Crippen molar-refractivity contribution in [3.05, 3.63) is 23.3 Å². The van der Waals surface area contributed by atoms with Crippen molar-refractivity contribution >= 4 is 11.4 Å². The van der Waals surface area contributed by atoms with Gasteiger partial charge in [-0.3, -0.25) is 9.98 Å². The van der Waals surface area contributed by atoms with Crippen LogP contribution in [-0.2, 0) is 0 Å². The molecule has 0 N–H and O–H groups in total. The first-order chi connectivity index (χ1) is 9.92. The van der Waals surface area contributed by atoms with Gasteiger partial charge >= 0.3 is 0 Å². The highest BCUT2D eigenvalue weighted by Gasteiger charge is 2.35. The molecule has 0 saturated heterocycles. The van der Waals surface area contributed by atoms with Gasteiger partial charge in [0.15, 0.2) is 0 Å². The van der Waals surface area contributed by atoms with Gasteiger partial charge in [0, 0.05) is 6.04 Å². The molecular formula is C19H30N2. The van der Waals surface area contributed by atoms with Crippen LogP contribution in [0.4, 0.5) is 0 Å². The van der Waals surface area contributed by atoms with E-state index in [2.05, 4.69) is 53.7 Å². The van der Waals surface area contributed by atoms with Crippen LogP contribution < -0.4 is 0 Å². The highest BCUT2D eigenvalue weighted by Crippen LogP contribution is 2.39. The van der Waals surface area contributed by atoms with Gasteiger partial charge in [0.2, 0.25) is 0 Å². The quantitative estimate of drug-likeness (QED) is 0.638. The number of allylic oxidation sites excluding steroid dienone is 4. The van der Waals surface area contributed by atoms with Gasteiger partial charge in [0.25, 0.3) is 0 Å². The molecule has 21 heavy (non-hydrogen) atoms. The van der Waals surface area contributed by atoms with Crippen LogP contribution in [-0.4, -0.2) is 23.0 Å². The van der Waals surface area contributed by atoms with Crippen LogP contribution >= 0.6 is 0 Å². The molecule has 0 amide bonds. The number of fused-ring (bicyclic) bond motifs is 1. The minimum atomic E-state index is 0.105. The zero-order valence-electron chi connectivity index (χ0n) is 14.5. The van der Waals surface area contributed by atoms with E-state index in [-0.39, 0.29) is 5.54 Å². The van der Waals surface area contributed by atoms with E-state index in [0.717, 1.165) is 18.6 Å². The third-order valence-electron chi connectivity index (χ3n) is 5.04. The summed E-state index contributed by atoms with van der Waals surface area (Å²) in [7, 11) is 0. The molecule has 0 saturated carbocycles. The average Bonchev–Trinajstić information content (AvgIpc) is 2.47. The highest BCUT2D eigenvalue weighted by atomic mass is 14.9. The number of aliphatic imine (C=N–C) groups is 2. The summed E-state index contributed by atoms with van der Waals surface area (Å²) in [6.45, 7) is 13.4. The van der Waals surface area contributed by atoms with E-state index in [1.165, 1.54) is 29.7 Å². The van der Waals surface area contributed by atoms with Crippen molar-refractivity contribution in [3.8, 4) is 0 Å². The Kier molecular flexibility index (Phi) is 4.85. The smallest absolute Gasteiger partial charge is 0.0646 e. The molecule has 0 radical (unpaired) electrons. The molecule has 0 spiro atoms. The molecular weight excluding hydrogens is 256 g/mol. The minimum absolute atomic E-state index is 0.105. The molecule has 1 heterocycles. The van der Waals surface area contributed by atoms with E-state index in [9.17, 15) is 0 Å². The van der Waals surface area contributed by atoms with Crippen LogP contribution in [0.25, 0.3) is 0 Å². The Balaban J connectivity index is 2.45. The summed E-state index contributed by atoms with van der Waals surface area (Å²) in [5.74, 6) is 0.619. The number of rotatable bonds is 4. The van der Waals surface area contributed by atoms with Crippen LogP contribution in [0.1, 0.15) is 67.2 Å². The van der Waals surface area contributed by atoms with E-state index in [1.807, 2.05) is 0 Å². The molecule has 2 rings (SSSR count). The van der Waals surface area contributed by atoms with E-state index in [1.54, 1.807) is 0 Å². The van der Waals surface area contributed by atoms with Crippen molar-refractivity contribution in [3.63, 3.8) is 0 Å². The summed E-state index contributed by atoms with van der Waals surface area (Å²) in [5, 5.41) is 0. The van der Waals surface area contributed by atoms with Gasteiger partial charge < -0.3 is 0 Å². The summed E-state index contributed by atoms with van der Waals surface area (Å²) >= 11 is 0. The standard InChI is InChI=1S/C19H30N2/c1-7-14(5)20-16-10-13(4)18-17(11-16)15(8-2)12-19(6,9-3)21-18/h10-11,14-15H,7-9,12H2,1-6H3/t14-,15?,19?/m1/s1. The molecule has 1 aliphatic carbocycles. The zero-order chi connectivity index (χ0) is 15.6. The maximum absolute atomic E-state index is 5.09. The lowest BCUT2D eigenvalue weighted by molar-refractivity contribution is 0.344. The van der Waals surface area contributed by atoms with Crippen molar-refractivity contribution in [1.82, 2.24) is 0 Å². The van der Waals surface area contributed by atoms with E-state index < -0.39 is 0 Å². The molecule has 2 heteroatoms. The summed E-state index contributed by atoms with van der Waals surface area (Å²) in [5.41, 5.74) is 5.18. The fourth-order valence-electron chi connectivity index (χ4n) is 3.22. The minimum Gasteiger partial charge on any atom is -0.282 e. The molecule has 2 aliphatic rings. The Morgan fingerprint density at radius 1 is 1.33 bits per heavy atom. The van der Waals surface area contributed by atoms with Gasteiger partial charge in [-0.15, -0.1) is 0 Å². The summed E-state index contributed by atoms with van der Waals surface area (Å²) in [6.07, 6.45) is 9.06. The molecule has 0 bridgehead atoms. The lowest BCUT2D eigenvalue weighted by Crippen LogP contribution is -2.36. The maximum Gasteiger partial charge on any atom is 0.0646 e. The van der Waals surface area contributed by atoms with Crippen LogP contribution in [0.5, 0.6) is 0 Å². The Hall–Kier alpha value is -1.18. The van der Waals surface area contributed by atoms with Gasteiger partial charge in [-0.25, -0.2) is 0 Å². The summed E-state index contributed by atoms with van der Waals surface area (Å²) in [6, 6.07) is 0.393. The predicted octanol–water partition coefficient (Wildman–Crippen LogP) is 5.15. The maximum atomic E-state index is 5.09. The SMILES string of the molecule is CCC1CC(C)(CC)N=C2C(C)=CC(=N[C@H](C)CC)C=C21. The number of nitrogens with zero attached hydrogens (tertiary/aromatic N) is 2.